The number of aromatic amines is 1. The molecule has 6 nitrogen and oxygen atoms in total. The van der Waals surface area contributed by atoms with Crippen molar-refractivity contribution in [3.8, 4) is 0 Å². The number of amides is 1. The predicted octanol–water partition coefficient (Wildman–Crippen LogP) is 1.49. The Hall–Kier alpha value is -1.79. The summed E-state index contributed by atoms with van der Waals surface area (Å²) in [5.74, 6) is 0.00292. The molecule has 0 aliphatic carbocycles. The van der Waals surface area contributed by atoms with Gasteiger partial charge in [0.05, 0.1) is 11.0 Å². The maximum Gasteiger partial charge on any atom is 0.326 e. The van der Waals surface area contributed by atoms with Crippen molar-refractivity contribution in [2.45, 2.75) is 50.4 Å². The molecule has 2 saturated heterocycles. The molecule has 0 radical (unpaired) electrons. The zero-order valence-corrected chi connectivity index (χ0v) is 14.5. The first-order chi connectivity index (χ1) is 11.1. The summed E-state index contributed by atoms with van der Waals surface area (Å²) in [4.78, 5) is 29.4. The van der Waals surface area contributed by atoms with Crippen LogP contribution >= 0.6 is 12.4 Å². The molecule has 4 rings (SSSR count). The highest BCUT2D eigenvalue weighted by atomic mass is 35.5. The number of nitrogens with one attached hydrogen (secondary N) is 2. The van der Waals surface area contributed by atoms with E-state index in [1.54, 1.807) is 0 Å². The van der Waals surface area contributed by atoms with Gasteiger partial charge in [-0.3, -0.25) is 9.36 Å². The molecule has 7 heteroatoms. The van der Waals surface area contributed by atoms with E-state index in [-0.39, 0.29) is 36.6 Å². The number of para-hydroxylation sites is 2. The van der Waals surface area contributed by atoms with Gasteiger partial charge < -0.3 is 15.2 Å². The molecule has 2 aliphatic heterocycles. The highest BCUT2D eigenvalue weighted by Crippen LogP contribution is 2.29. The lowest BCUT2D eigenvalue weighted by molar-refractivity contribution is -0.133. The molecule has 2 atom stereocenters. The molecule has 3 heterocycles. The van der Waals surface area contributed by atoms with E-state index in [1.165, 1.54) is 17.4 Å². The van der Waals surface area contributed by atoms with E-state index in [1.807, 2.05) is 36.2 Å². The summed E-state index contributed by atoms with van der Waals surface area (Å²) < 4.78 is 1.53. The lowest BCUT2D eigenvalue weighted by Crippen LogP contribution is -2.49. The maximum atomic E-state index is 12.7. The number of H-pyrrole nitrogens is 1. The van der Waals surface area contributed by atoms with E-state index in [0.29, 0.717) is 12.1 Å². The van der Waals surface area contributed by atoms with Gasteiger partial charge >= 0.3 is 5.69 Å². The van der Waals surface area contributed by atoms with Crippen LogP contribution in [0.4, 0.5) is 0 Å². The molecule has 2 unspecified atom stereocenters. The van der Waals surface area contributed by atoms with E-state index >= 15 is 0 Å². The van der Waals surface area contributed by atoms with Crippen LogP contribution in [-0.2, 0) is 11.3 Å². The van der Waals surface area contributed by atoms with E-state index in [9.17, 15) is 9.59 Å². The van der Waals surface area contributed by atoms with Crippen molar-refractivity contribution < 1.29 is 4.79 Å². The minimum atomic E-state index is -0.224. The number of carbonyl (C=O) groups is 1. The molecule has 1 amide bonds. The number of benzene rings is 1. The number of rotatable bonds is 3. The normalized spacial score (nSPS) is 25.5. The molecule has 1 aromatic heterocycles. The Kier molecular flexibility index (Phi) is 4.69. The quantitative estimate of drug-likeness (QED) is 0.881. The zero-order chi connectivity index (χ0) is 16.0. The Labute approximate surface area is 146 Å². The van der Waals surface area contributed by atoms with Crippen LogP contribution in [-0.4, -0.2) is 45.5 Å². The Morgan fingerprint density at radius 3 is 2.62 bits per heavy atom. The second kappa shape index (κ2) is 6.61. The van der Waals surface area contributed by atoms with Crippen molar-refractivity contribution in [2.75, 3.05) is 7.05 Å². The third-order valence-electron chi connectivity index (χ3n) is 5.36. The van der Waals surface area contributed by atoms with Gasteiger partial charge in [-0.1, -0.05) is 12.1 Å². The summed E-state index contributed by atoms with van der Waals surface area (Å²) in [6.07, 6.45) is 4.46. The van der Waals surface area contributed by atoms with Gasteiger partial charge in [0, 0.05) is 25.2 Å². The van der Waals surface area contributed by atoms with E-state index < -0.39 is 0 Å². The van der Waals surface area contributed by atoms with Crippen LogP contribution in [0.25, 0.3) is 11.0 Å². The first-order valence-corrected chi connectivity index (χ1v) is 8.31. The number of hydrogen-bond acceptors (Lipinski definition) is 3. The monoisotopic (exact) mass is 350 g/mol. The van der Waals surface area contributed by atoms with Gasteiger partial charge in [-0.25, -0.2) is 4.79 Å². The molecule has 2 aromatic rings. The number of nitrogens with zero attached hydrogens (tertiary/aromatic N) is 2. The molecule has 130 valence electrons. The summed E-state index contributed by atoms with van der Waals surface area (Å²) >= 11 is 0. The van der Waals surface area contributed by atoms with Gasteiger partial charge in [-0.15, -0.1) is 12.4 Å². The Bertz CT molecular complexity index is 787. The highest BCUT2D eigenvalue weighted by Gasteiger charge is 2.36. The molecule has 1 aromatic carbocycles. The predicted molar refractivity (Wildman–Crippen MR) is 95.5 cm³/mol. The Balaban J connectivity index is 0.00000169. The molecule has 2 aliphatic rings. The van der Waals surface area contributed by atoms with Gasteiger partial charge in [0.15, 0.2) is 0 Å². The van der Waals surface area contributed by atoms with E-state index in [4.69, 9.17) is 0 Å². The molecule has 2 fully saturated rings. The molecule has 24 heavy (non-hydrogen) atoms. The maximum absolute atomic E-state index is 12.7. The topological polar surface area (TPSA) is 70.1 Å². The van der Waals surface area contributed by atoms with Crippen molar-refractivity contribution in [3.05, 3.63) is 34.7 Å². The largest absolute Gasteiger partial charge is 0.341 e. The van der Waals surface area contributed by atoms with Crippen LogP contribution in [0, 0.1) is 0 Å². The molecule has 0 spiro atoms. The van der Waals surface area contributed by atoms with E-state index in [0.717, 1.165) is 23.9 Å². The summed E-state index contributed by atoms with van der Waals surface area (Å²) in [6.45, 7) is 0.0958. The van der Waals surface area contributed by atoms with E-state index in [2.05, 4.69) is 10.3 Å². The summed E-state index contributed by atoms with van der Waals surface area (Å²) in [5, 5.41) is 3.59. The standard InChI is InChI=1S/C17H22N4O2.ClH/c1-20(13-8-11-6-7-12(9-13)18-11)16(22)10-21-15-5-3-2-4-14(15)19-17(21)23;/h2-5,11-13,18H,6-10H2,1H3,(H,19,23);1H. The van der Waals surface area contributed by atoms with Gasteiger partial charge in [0.1, 0.15) is 6.54 Å². The number of carbonyl (C=O) groups excluding carboxylic acids is 1. The first-order valence-electron chi connectivity index (χ1n) is 8.31. The van der Waals surface area contributed by atoms with Crippen LogP contribution in [0.15, 0.2) is 29.1 Å². The average Bonchev–Trinajstić information content (AvgIpc) is 3.05. The van der Waals surface area contributed by atoms with Gasteiger partial charge in [0.25, 0.3) is 0 Å². The van der Waals surface area contributed by atoms with Gasteiger partial charge in [-0.2, -0.15) is 0 Å². The molecular formula is C17H23ClN4O2. The lowest BCUT2D eigenvalue weighted by atomic mass is 9.98. The van der Waals surface area contributed by atoms with Crippen molar-refractivity contribution >= 4 is 29.3 Å². The van der Waals surface area contributed by atoms with Crippen molar-refractivity contribution in [1.82, 2.24) is 19.8 Å². The first kappa shape index (κ1) is 17.0. The van der Waals surface area contributed by atoms with Crippen LogP contribution in [0.2, 0.25) is 0 Å². The lowest BCUT2D eigenvalue weighted by Gasteiger charge is -2.35. The number of fused-ring (bicyclic) bond motifs is 3. The SMILES string of the molecule is CN(C(=O)Cn1c(=O)[nH]c2ccccc21)C1CC2CCC(C1)N2.Cl. The Morgan fingerprint density at radius 2 is 1.92 bits per heavy atom. The number of aromatic nitrogens is 2. The fourth-order valence-corrected chi connectivity index (χ4v) is 4.06. The van der Waals surface area contributed by atoms with Crippen LogP contribution in [0.1, 0.15) is 25.7 Å². The fourth-order valence-electron chi connectivity index (χ4n) is 4.06. The molecular weight excluding hydrogens is 328 g/mol. The highest BCUT2D eigenvalue weighted by molar-refractivity contribution is 5.85. The second-order valence-electron chi connectivity index (χ2n) is 6.80. The van der Waals surface area contributed by atoms with Crippen molar-refractivity contribution in [3.63, 3.8) is 0 Å². The van der Waals surface area contributed by atoms with Crippen LogP contribution in [0.5, 0.6) is 0 Å². The second-order valence-corrected chi connectivity index (χ2v) is 6.80. The fraction of sp³-hybridized carbons (Fsp3) is 0.529. The third kappa shape index (κ3) is 2.96. The number of hydrogen-bond donors (Lipinski definition) is 2. The third-order valence-corrected chi connectivity index (χ3v) is 5.36. The molecule has 2 bridgehead atoms. The van der Waals surface area contributed by atoms with Gasteiger partial charge in [0.2, 0.25) is 5.91 Å². The minimum Gasteiger partial charge on any atom is -0.341 e. The van der Waals surface area contributed by atoms with Gasteiger partial charge in [-0.05, 0) is 37.8 Å². The number of piperidine rings is 1. The van der Waals surface area contributed by atoms with Crippen molar-refractivity contribution in [1.29, 1.82) is 0 Å². The molecule has 2 N–H and O–H groups in total. The van der Waals surface area contributed by atoms with Crippen LogP contribution < -0.4 is 11.0 Å². The average molecular weight is 351 g/mol. The Morgan fingerprint density at radius 1 is 1.25 bits per heavy atom. The summed E-state index contributed by atoms with van der Waals surface area (Å²) in [7, 11) is 1.87. The number of likely N-dealkylation sites (N-methyl/N-ethyl adjacent to an activating group) is 1. The molecule has 0 saturated carbocycles. The van der Waals surface area contributed by atoms with Crippen LogP contribution in [0.3, 0.4) is 0 Å². The number of halogens is 1. The smallest absolute Gasteiger partial charge is 0.326 e. The summed E-state index contributed by atoms with van der Waals surface area (Å²) in [5.41, 5.74) is 1.33. The van der Waals surface area contributed by atoms with Crippen molar-refractivity contribution in [2.24, 2.45) is 0 Å². The zero-order valence-electron chi connectivity index (χ0n) is 13.7. The number of imidazole rings is 1. The minimum absolute atomic E-state index is 0. The summed E-state index contributed by atoms with van der Waals surface area (Å²) in [6, 6.07) is 8.85.